The van der Waals surface area contributed by atoms with Crippen LogP contribution < -0.4 is 4.74 Å². The highest BCUT2D eigenvalue weighted by atomic mass is 16.7. The quantitative estimate of drug-likeness (QED) is 0.596. The van der Waals surface area contributed by atoms with Gasteiger partial charge in [0.05, 0.1) is 5.52 Å². The first-order chi connectivity index (χ1) is 11.0. The van der Waals surface area contributed by atoms with Gasteiger partial charge >= 0.3 is 5.97 Å². The number of aromatic nitrogens is 1. The number of pyridine rings is 1. The zero-order chi connectivity index (χ0) is 16.6. The molecule has 8 nitrogen and oxygen atoms in total. The lowest BCUT2D eigenvalue weighted by atomic mass is 9.99. The minimum atomic E-state index is -1.75. The number of carboxylic acid groups (broad SMARTS) is 1. The van der Waals surface area contributed by atoms with E-state index in [0.29, 0.717) is 5.75 Å². The third kappa shape index (κ3) is 2.97. The highest BCUT2D eigenvalue weighted by Gasteiger charge is 2.48. The van der Waals surface area contributed by atoms with Crippen molar-refractivity contribution in [3.63, 3.8) is 0 Å². The second-order valence-electron chi connectivity index (χ2n) is 5.21. The molecule has 0 radical (unpaired) electrons. The van der Waals surface area contributed by atoms with Crippen molar-refractivity contribution in [3.05, 3.63) is 36.5 Å². The summed E-state index contributed by atoms with van der Waals surface area (Å²) < 4.78 is 10.5. The van der Waals surface area contributed by atoms with Crippen molar-refractivity contribution < 1.29 is 34.7 Å². The predicted octanol–water partition coefficient (Wildman–Crippen LogP) is -0.494. The fourth-order valence-corrected chi connectivity index (χ4v) is 2.41. The minimum absolute atomic E-state index is 0.308. The summed E-state index contributed by atoms with van der Waals surface area (Å²) in [6, 6.07) is 8.48. The Kier molecular flexibility index (Phi) is 4.14. The SMILES string of the molecule is O=C(O)C1OC(Oc2ccc3ncccc3c2)C(O)C(O)C1O. The van der Waals surface area contributed by atoms with E-state index in [1.807, 2.05) is 6.07 Å². The molecule has 0 spiro atoms. The number of ether oxygens (including phenoxy) is 2. The fourth-order valence-electron chi connectivity index (χ4n) is 2.41. The Morgan fingerprint density at radius 2 is 1.91 bits per heavy atom. The van der Waals surface area contributed by atoms with Crippen molar-refractivity contribution in [1.29, 1.82) is 0 Å². The van der Waals surface area contributed by atoms with Crippen LogP contribution in [0, 0.1) is 0 Å². The number of hydrogen-bond acceptors (Lipinski definition) is 7. The second-order valence-corrected chi connectivity index (χ2v) is 5.21. The van der Waals surface area contributed by atoms with E-state index in [4.69, 9.17) is 14.6 Å². The summed E-state index contributed by atoms with van der Waals surface area (Å²) in [6.07, 6.45) is -6.51. The molecule has 1 fully saturated rings. The minimum Gasteiger partial charge on any atom is -0.479 e. The van der Waals surface area contributed by atoms with E-state index >= 15 is 0 Å². The first-order valence-electron chi connectivity index (χ1n) is 6.91. The van der Waals surface area contributed by atoms with Crippen LogP contribution in [0.15, 0.2) is 36.5 Å². The molecule has 0 bridgehead atoms. The Morgan fingerprint density at radius 1 is 1.13 bits per heavy atom. The molecule has 3 rings (SSSR count). The summed E-state index contributed by atoms with van der Waals surface area (Å²) in [5.41, 5.74) is 0.740. The van der Waals surface area contributed by atoms with Gasteiger partial charge in [-0.15, -0.1) is 0 Å². The van der Waals surface area contributed by atoms with E-state index in [-0.39, 0.29) is 0 Å². The van der Waals surface area contributed by atoms with Gasteiger partial charge < -0.3 is 29.9 Å². The monoisotopic (exact) mass is 321 g/mol. The van der Waals surface area contributed by atoms with Gasteiger partial charge in [0.2, 0.25) is 6.29 Å². The number of rotatable bonds is 3. The van der Waals surface area contributed by atoms with Gasteiger partial charge in [0, 0.05) is 11.6 Å². The van der Waals surface area contributed by atoms with Crippen LogP contribution in [-0.4, -0.2) is 62.1 Å². The lowest BCUT2D eigenvalue weighted by Gasteiger charge is -2.38. The van der Waals surface area contributed by atoms with Crippen LogP contribution in [0.25, 0.3) is 10.9 Å². The third-order valence-electron chi connectivity index (χ3n) is 3.64. The summed E-state index contributed by atoms with van der Waals surface area (Å²) in [6.45, 7) is 0. The normalized spacial score (nSPS) is 31.0. The molecule has 5 unspecified atom stereocenters. The molecule has 1 aromatic carbocycles. The molecule has 1 aliphatic rings. The molecular formula is C15H15NO7. The van der Waals surface area contributed by atoms with Crippen molar-refractivity contribution in [2.45, 2.75) is 30.7 Å². The highest BCUT2D eigenvalue weighted by Crippen LogP contribution is 2.26. The molecule has 23 heavy (non-hydrogen) atoms. The molecule has 122 valence electrons. The van der Waals surface area contributed by atoms with Gasteiger partial charge in [-0.05, 0) is 24.3 Å². The number of aliphatic hydroxyl groups excluding tert-OH is 3. The van der Waals surface area contributed by atoms with Gasteiger partial charge in [-0.2, -0.15) is 0 Å². The van der Waals surface area contributed by atoms with Crippen molar-refractivity contribution in [2.24, 2.45) is 0 Å². The van der Waals surface area contributed by atoms with E-state index in [1.165, 1.54) is 0 Å². The first kappa shape index (κ1) is 15.6. The molecule has 0 saturated carbocycles. The number of hydrogen-bond donors (Lipinski definition) is 4. The summed E-state index contributed by atoms with van der Waals surface area (Å²) in [4.78, 5) is 15.2. The smallest absolute Gasteiger partial charge is 0.335 e. The van der Waals surface area contributed by atoms with Gasteiger partial charge in [0.1, 0.15) is 24.1 Å². The van der Waals surface area contributed by atoms with Crippen LogP contribution >= 0.6 is 0 Å². The van der Waals surface area contributed by atoms with Crippen molar-refractivity contribution in [2.75, 3.05) is 0 Å². The Labute approximate surface area is 130 Å². The largest absolute Gasteiger partial charge is 0.479 e. The summed E-state index contributed by atoms with van der Waals surface area (Å²) >= 11 is 0. The van der Waals surface area contributed by atoms with Crippen LogP contribution in [-0.2, 0) is 9.53 Å². The van der Waals surface area contributed by atoms with Crippen LogP contribution in [0.4, 0.5) is 0 Å². The zero-order valence-corrected chi connectivity index (χ0v) is 11.8. The average molecular weight is 321 g/mol. The van der Waals surface area contributed by atoms with Crippen LogP contribution in [0.2, 0.25) is 0 Å². The van der Waals surface area contributed by atoms with Gasteiger partial charge in [-0.3, -0.25) is 4.98 Å². The third-order valence-corrected chi connectivity index (χ3v) is 3.64. The number of carboxylic acids is 1. The summed E-state index contributed by atoms with van der Waals surface area (Å²) in [7, 11) is 0. The maximum Gasteiger partial charge on any atom is 0.335 e. The maximum atomic E-state index is 11.0. The Morgan fingerprint density at radius 3 is 2.65 bits per heavy atom. The Hall–Kier alpha value is -2.26. The van der Waals surface area contributed by atoms with E-state index in [1.54, 1.807) is 30.5 Å². The van der Waals surface area contributed by atoms with E-state index in [9.17, 15) is 20.1 Å². The molecule has 0 amide bonds. The van der Waals surface area contributed by atoms with Gasteiger partial charge in [-0.1, -0.05) is 6.07 Å². The van der Waals surface area contributed by atoms with Gasteiger partial charge in [0.15, 0.2) is 6.10 Å². The number of aliphatic carboxylic acids is 1. The first-order valence-corrected chi connectivity index (χ1v) is 6.91. The number of aliphatic hydroxyl groups is 3. The standard InChI is InChI=1S/C15H15NO7/c17-10-11(18)13(14(20)21)23-15(12(10)19)22-8-3-4-9-7(6-8)2-1-5-16-9/h1-6,10-13,15,17-19H,(H,20,21). The molecule has 8 heteroatoms. The molecule has 1 aliphatic heterocycles. The Balaban J connectivity index is 1.83. The predicted molar refractivity (Wildman–Crippen MR) is 76.7 cm³/mol. The van der Waals surface area contributed by atoms with Crippen LogP contribution in [0.5, 0.6) is 5.75 Å². The van der Waals surface area contributed by atoms with Crippen molar-refractivity contribution in [3.8, 4) is 5.75 Å². The summed E-state index contributed by atoms with van der Waals surface area (Å²) in [5, 5.41) is 39.1. The molecule has 0 aliphatic carbocycles. The van der Waals surface area contributed by atoms with Crippen LogP contribution in [0.3, 0.4) is 0 Å². The highest BCUT2D eigenvalue weighted by molar-refractivity contribution is 5.79. The topological polar surface area (TPSA) is 129 Å². The summed E-state index contributed by atoms with van der Waals surface area (Å²) in [5.74, 6) is -1.15. The van der Waals surface area contributed by atoms with Gasteiger partial charge in [-0.25, -0.2) is 4.79 Å². The Bertz CT molecular complexity index is 722. The number of nitrogens with zero attached hydrogens (tertiary/aromatic N) is 1. The van der Waals surface area contributed by atoms with Crippen molar-refractivity contribution in [1.82, 2.24) is 4.98 Å². The lowest BCUT2D eigenvalue weighted by molar-refractivity contribution is -0.271. The van der Waals surface area contributed by atoms with Crippen molar-refractivity contribution >= 4 is 16.9 Å². The molecule has 1 saturated heterocycles. The average Bonchev–Trinajstić information content (AvgIpc) is 2.55. The van der Waals surface area contributed by atoms with Gasteiger partial charge in [0.25, 0.3) is 0 Å². The molecule has 1 aromatic heterocycles. The molecule has 2 heterocycles. The molecular weight excluding hydrogens is 306 g/mol. The molecule has 5 atom stereocenters. The van der Waals surface area contributed by atoms with E-state index < -0.39 is 36.7 Å². The van der Waals surface area contributed by atoms with E-state index in [2.05, 4.69) is 4.98 Å². The molecule has 4 N–H and O–H groups in total. The van der Waals surface area contributed by atoms with E-state index in [0.717, 1.165) is 10.9 Å². The zero-order valence-electron chi connectivity index (χ0n) is 11.8. The number of benzene rings is 1. The maximum absolute atomic E-state index is 11.0. The lowest BCUT2D eigenvalue weighted by Crippen LogP contribution is -2.61. The second kappa shape index (κ2) is 6.09. The number of carbonyl (C=O) groups is 1. The fraction of sp³-hybridized carbons (Fsp3) is 0.333. The van der Waals surface area contributed by atoms with Crippen LogP contribution in [0.1, 0.15) is 0 Å². The molecule has 2 aromatic rings. The number of fused-ring (bicyclic) bond motifs is 1.